The summed E-state index contributed by atoms with van der Waals surface area (Å²) >= 11 is 0. The molecule has 0 bridgehead atoms. The van der Waals surface area contributed by atoms with Gasteiger partial charge in [0, 0.05) is 6.42 Å². The first kappa shape index (κ1) is 15.9. The maximum Gasteiger partial charge on any atom is 0.412 e. The van der Waals surface area contributed by atoms with Crippen LogP contribution in [0.25, 0.3) is 0 Å². The zero-order chi connectivity index (χ0) is 17.1. The van der Waals surface area contributed by atoms with E-state index in [9.17, 15) is 14.4 Å². The lowest BCUT2D eigenvalue weighted by molar-refractivity contribution is -0.119. The number of carbonyl (C=O) groups excluding carboxylic acids is 2. The number of hydrogen-bond donors (Lipinski definition) is 1. The van der Waals surface area contributed by atoms with Gasteiger partial charge in [-0.05, 0) is 18.9 Å². The first-order chi connectivity index (χ1) is 11.6. The molecule has 0 saturated heterocycles. The Kier molecular flexibility index (Phi) is 4.41. The number of ether oxygens (including phenoxy) is 1. The van der Waals surface area contributed by atoms with Crippen LogP contribution in [0, 0.1) is 0 Å². The summed E-state index contributed by atoms with van der Waals surface area (Å²) in [5, 5.41) is 2.40. The maximum atomic E-state index is 12.5. The van der Waals surface area contributed by atoms with Crippen molar-refractivity contribution in [3.8, 4) is 0 Å². The van der Waals surface area contributed by atoms with Crippen molar-refractivity contribution in [3.05, 3.63) is 58.3 Å². The van der Waals surface area contributed by atoms with Crippen molar-refractivity contribution in [1.29, 1.82) is 0 Å². The van der Waals surface area contributed by atoms with E-state index in [4.69, 9.17) is 4.74 Å². The second-order valence-corrected chi connectivity index (χ2v) is 5.62. The van der Waals surface area contributed by atoms with Crippen LogP contribution >= 0.6 is 0 Å². The van der Waals surface area contributed by atoms with E-state index in [1.165, 1.54) is 17.7 Å². The minimum absolute atomic E-state index is 0.00459. The summed E-state index contributed by atoms with van der Waals surface area (Å²) in [5.41, 5.74) is 0.410. The van der Waals surface area contributed by atoms with Gasteiger partial charge in [-0.2, -0.15) is 0 Å². The molecule has 0 spiro atoms. The number of amides is 1. The summed E-state index contributed by atoms with van der Waals surface area (Å²) in [6.45, 7) is 1.54. The number of aromatic nitrogens is 2. The second-order valence-electron chi connectivity index (χ2n) is 5.62. The van der Waals surface area contributed by atoms with Gasteiger partial charge < -0.3 is 4.74 Å². The molecule has 7 heteroatoms. The van der Waals surface area contributed by atoms with Crippen LogP contribution in [0.2, 0.25) is 0 Å². The van der Waals surface area contributed by atoms with E-state index in [1.807, 2.05) is 30.3 Å². The molecular formula is C17H17N3O4. The zero-order valence-corrected chi connectivity index (χ0v) is 13.2. The largest absolute Gasteiger partial charge is 0.444 e. The Morgan fingerprint density at radius 1 is 1.33 bits per heavy atom. The van der Waals surface area contributed by atoms with Crippen LogP contribution in [-0.4, -0.2) is 21.4 Å². The van der Waals surface area contributed by atoms with Gasteiger partial charge in [-0.15, -0.1) is 0 Å². The summed E-state index contributed by atoms with van der Waals surface area (Å²) in [6.07, 6.45) is 1.69. The predicted octanol–water partition coefficient (Wildman–Crippen LogP) is 2.07. The van der Waals surface area contributed by atoms with Crippen molar-refractivity contribution < 1.29 is 14.3 Å². The van der Waals surface area contributed by atoms with E-state index in [-0.39, 0.29) is 18.1 Å². The van der Waals surface area contributed by atoms with Crippen molar-refractivity contribution >= 4 is 17.6 Å². The van der Waals surface area contributed by atoms with Crippen LogP contribution in [0.15, 0.2) is 41.3 Å². The minimum atomic E-state index is -0.740. The van der Waals surface area contributed by atoms with Crippen LogP contribution in [0.3, 0.4) is 0 Å². The van der Waals surface area contributed by atoms with Gasteiger partial charge in [-0.1, -0.05) is 30.3 Å². The first-order valence-corrected chi connectivity index (χ1v) is 7.65. The Hall–Kier alpha value is -2.96. The summed E-state index contributed by atoms with van der Waals surface area (Å²) in [7, 11) is 0. The Morgan fingerprint density at radius 3 is 2.79 bits per heavy atom. The SMILES string of the molecule is CC(=O)[C@@H]1CCc2ncc(NC(=O)OCc3ccccc3)c(=O)n21. The zero-order valence-electron chi connectivity index (χ0n) is 13.2. The van der Waals surface area contributed by atoms with Crippen molar-refractivity contribution in [1.82, 2.24) is 9.55 Å². The molecule has 2 aromatic rings. The molecule has 2 heterocycles. The summed E-state index contributed by atoms with van der Waals surface area (Å²) in [5.74, 6) is 0.463. The van der Waals surface area contributed by atoms with Crippen molar-refractivity contribution in [2.24, 2.45) is 0 Å². The van der Waals surface area contributed by atoms with E-state index >= 15 is 0 Å². The normalized spacial score (nSPS) is 15.6. The number of hydrogen-bond acceptors (Lipinski definition) is 5. The highest BCUT2D eigenvalue weighted by Gasteiger charge is 2.28. The average Bonchev–Trinajstić information content (AvgIpc) is 3.02. The van der Waals surface area contributed by atoms with E-state index in [2.05, 4.69) is 10.3 Å². The third kappa shape index (κ3) is 3.19. The monoisotopic (exact) mass is 327 g/mol. The van der Waals surface area contributed by atoms with Crippen LogP contribution in [0.1, 0.15) is 30.8 Å². The lowest BCUT2D eigenvalue weighted by Crippen LogP contribution is -2.30. The highest BCUT2D eigenvalue weighted by molar-refractivity contribution is 5.84. The second kappa shape index (κ2) is 6.66. The molecule has 0 unspecified atom stereocenters. The predicted molar refractivity (Wildman–Crippen MR) is 86.8 cm³/mol. The number of aryl methyl sites for hydroxylation is 1. The maximum absolute atomic E-state index is 12.5. The fourth-order valence-electron chi connectivity index (χ4n) is 2.74. The highest BCUT2D eigenvalue weighted by atomic mass is 16.5. The van der Waals surface area contributed by atoms with Crippen LogP contribution in [0.4, 0.5) is 10.5 Å². The quantitative estimate of drug-likeness (QED) is 0.928. The van der Waals surface area contributed by atoms with E-state index in [0.29, 0.717) is 18.7 Å². The van der Waals surface area contributed by atoms with Gasteiger partial charge >= 0.3 is 6.09 Å². The van der Waals surface area contributed by atoms with Crippen LogP contribution in [-0.2, 0) is 22.6 Å². The fourth-order valence-corrected chi connectivity index (χ4v) is 2.74. The third-order valence-corrected chi connectivity index (χ3v) is 3.94. The Labute approximate surface area is 138 Å². The molecule has 1 N–H and O–H groups in total. The number of ketones is 1. The number of nitrogens with zero attached hydrogens (tertiary/aromatic N) is 2. The molecular weight excluding hydrogens is 310 g/mol. The fraction of sp³-hybridized carbons (Fsp3) is 0.294. The summed E-state index contributed by atoms with van der Waals surface area (Å²) in [4.78, 5) is 40.2. The molecule has 0 radical (unpaired) electrons. The molecule has 1 aliphatic rings. The number of benzene rings is 1. The molecule has 1 aliphatic heterocycles. The lowest BCUT2D eigenvalue weighted by Gasteiger charge is -2.12. The number of rotatable bonds is 4. The number of Topliss-reactive ketones (excluding diaryl/α,β-unsaturated/α-hetero) is 1. The van der Waals surface area contributed by atoms with Gasteiger partial charge in [0.15, 0.2) is 5.78 Å². The highest BCUT2D eigenvalue weighted by Crippen LogP contribution is 2.23. The van der Waals surface area contributed by atoms with Gasteiger partial charge in [0.2, 0.25) is 0 Å². The molecule has 124 valence electrons. The van der Waals surface area contributed by atoms with E-state index in [0.717, 1.165) is 5.56 Å². The molecule has 0 fully saturated rings. The van der Waals surface area contributed by atoms with Crippen molar-refractivity contribution in [3.63, 3.8) is 0 Å². The molecule has 3 rings (SSSR count). The lowest BCUT2D eigenvalue weighted by atomic mass is 10.1. The van der Waals surface area contributed by atoms with Crippen molar-refractivity contribution in [2.75, 3.05) is 5.32 Å². The summed E-state index contributed by atoms with van der Waals surface area (Å²) in [6, 6.07) is 8.70. The Balaban J connectivity index is 1.72. The summed E-state index contributed by atoms with van der Waals surface area (Å²) < 4.78 is 6.44. The molecule has 1 aromatic heterocycles. The Bertz CT molecular complexity index is 829. The smallest absolute Gasteiger partial charge is 0.412 e. The minimum Gasteiger partial charge on any atom is -0.444 e. The van der Waals surface area contributed by atoms with E-state index in [1.54, 1.807) is 0 Å². The number of anilines is 1. The van der Waals surface area contributed by atoms with Gasteiger partial charge in [0.05, 0.1) is 12.2 Å². The third-order valence-electron chi connectivity index (χ3n) is 3.94. The molecule has 7 nitrogen and oxygen atoms in total. The topological polar surface area (TPSA) is 90.3 Å². The standard InChI is InChI=1S/C17H17N3O4/c1-11(21)14-7-8-15-18-9-13(16(22)20(14)15)19-17(23)24-10-12-5-3-2-4-6-12/h2-6,9,14H,7-8,10H2,1H3,(H,19,23)/t14-/m0/s1. The van der Waals surface area contributed by atoms with Gasteiger partial charge in [-0.25, -0.2) is 9.78 Å². The molecule has 1 aromatic carbocycles. The van der Waals surface area contributed by atoms with Crippen molar-refractivity contribution in [2.45, 2.75) is 32.4 Å². The van der Waals surface area contributed by atoms with Crippen LogP contribution < -0.4 is 10.9 Å². The molecule has 0 aliphatic carbocycles. The molecule has 0 saturated carbocycles. The van der Waals surface area contributed by atoms with Gasteiger partial charge in [-0.3, -0.25) is 19.5 Å². The van der Waals surface area contributed by atoms with Crippen LogP contribution in [0.5, 0.6) is 0 Å². The Morgan fingerprint density at radius 2 is 2.08 bits per heavy atom. The first-order valence-electron chi connectivity index (χ1n) is 7.65. The average molecular weight is 327 g/mol. The molecule has 1 amide bonds. The van der Waals surface area contributed by atoms with Gasteiger partial charge in [0.25, 0.3) is 5.56 Å². The number of carbonyl (C=O) groups is 2. The van der Waals surface area contributed by atoms with E-state index < -0.39 is 17.7 Å². The van der Waals surface area contributed by atoms with Gasteiger partial charge in [0.1, 0.15) is 18.1 Å². The molecule has 24 heavy (non-hydrogen) atoms. The molecule has 1 atom stereocenters. The number of fused-ring (bicyclic) bond motifs is 1. The number of nitrogens with one attached hydrogen (secondary N) is 1.